The van der Waals surface area contributed by atoms with Crippen LogP contribution in [0.3, 0.4) is 0 Å². The average molecular weight is 496 g/mol. The topological polar surface area (TPSA) is 120 Å². The van der Waals surface area contributed by atoms with Gasteiger partial charge in [-0.25, -0.2) is 14.4 Å². The van der Waals surface area contributed by atoms with Crippen molar-refractivity contribution in [1.82, 2.24) is 25.2 Å². The summed E-state index contributed by atoms with van der Waals surface area (Å²) in [6.07, 6.45) is 3.55. The number of nitrogens with zero attached hydrogens (tertiary/aromatic N) is 3. The van der Waals surface area contributed by atoms with Crippen molar-refractivity contribution in [3.8, 4) is 17.0 Å². The Balaban J connectivity index is 1.49. The van der Waals surface area contributed by atoms with Crippen LogP contribution in [0.15, 0.2) is 18.5 Å². The van der Waals surface area contributed by atoms with Gasteiger partial charge in [0.2, 0.25) is 5.91 Å². The number of aryl methyl sites for hydroxylation is 2. The van der Waals surface area contributed by atoms with E-state index in [9.17, 15) is 9.59 Å². The molecule has 3 aromatic rings. The quantitative estimate of drug-likeness (QED) is 0.464. The lowest BCUT2D eigenvalue weighted by Gasteiger charge is -2.17. The number of H-pyrrole nitrogens is 1. The van der Waals surface area contributed by atoms with E-state index in [0.29, 0.717) is 64.9 Å². The molecule has 3 heterocycles. The molecule has 0 bridgehead atoms. The van der Waals surface area contributed by atoms with Crippen LogP contribution in [0.4, 0.5) is 4.39 Å². The summed E-state index contributed by atoms with van der Waals surface area (Å²) < 4.78 is 21.4. The Bertz CT molecular complexity index is 1340. The molecule has 1 aliphatic carbocycles. The first-order valence-electron chi connectivity index (χ1n) is 12.2. The minimum atomic E-state index is -0.559. The molecule has 1 saturated heterocycles. The summed E-state index contributed by atoms with van der Waals surface area (Å²) in [7, 11) is 0. The Morgan fingerprint density at radius 3 is 2.75 bits per heavy atom. The monoisotopic (exact) mass is 495 g/mol. The second-order valence-electron chi connectivity index (χ2n) is 9.91. The second-order valence-corrected chi connectivity index (χ2v) is 9.91. The van der Waals surface area contributed by atoms with Crippen LogP contribution in [-0.4, -0.2) is 69.1 Å². The van der Waals surface area contributed by atoms with Crippen molar-refractivity contribution in [2.24, 2.45) is 11.8 Å². The molecule has 2 amide bonds. The van der Waals surface area contributed by atoms with E-state index in [1.54, 1.807) is 30.9 Å². The minimum absolute atomic E-state index is 0.0210. The third kappa shape index (κ3) is 4.41. The number of aromatic nitrogens is 3. The molecule has 190 valence electrons. The standard InChI is InChI=1S/C26H30FN5O4/c1-13-4-7-18(36-11-16-5-6-16)21(22(13)27)24-25-23(28-12-29-24)20(15(3)30-25)26(35)31-17-9-32(8-14(17)2)19(34)10-33/h4,7,12,14,16-17,30,33H,5-6,8-11H2,1-3H3,(H,31,35)/t14-,17-/m1/s1. The van der Waals surface area contributed by atoms with Crippen molar-refractivity contribution in [1.29, 1.82) is 0 Å². The minimum Gasteiger partial charge on any atom is -0.492 e. The number of carbonyl (C=O) groups excluding carboxylic acids is 2. The van der Waals surface area contributed by atoms with Crippen LogP contribution in [-0.2, 0) is 4.79 Å². The van der Waals surface area contributed by atoms with Gasteiger partial charge in [0.1, 0.15) is 35.7 Å². The third-order valence-electron chi connectivity index (χ3n) is 7.12. The number of hydrogen-bond donors (Lipinski definition) is 3. The van der Waals surface area contributed by atoms with Gasteiger partial charge in [0, 0.05) is 18.8 Å². The van der Waals surface area contributed by atoms with Crippen LogP contribution in [0.25, 0.3) is 22.3 Å². The van der Waals surface area contributed by atoms with Crippen molar-refractivity contribution in [3.63, 3.8) is 0 Å². The Hall–Kier alpha value is -3.53. The van der Waals surface area contributed by atoms with Gasteiger partial charge < -0.3 is 25.0 Å². The zero-order valence-electron chi connectivity index (χ0n) is 20.6. The first kappa shape index (κ1) is 24.2. The maximum atomic E-state index is 15.4. The first-order chi connectivity index (χ1) is 17.3. The van der Waals surface area contributed by atoms with Gasteiger partial charge in [-0.05, 0) is 50.2 Å². The Labute approximate surface area is 208 Å². The van der Waals surface area contributed by atoms with Crippen molar-refractivity contribution >= 4 is 22.8 Å². The lowest BCUT2D eigenvalue weighted by molar-refractivity contribution is -0.133. The molecule has 3 N–H and O–H groups in total. The van der Waals surface area contributed by atoms with Crippen molar-refractivity contribution in [3.05, 3.63) is 41.1 Å². The highest BCUT2D eigenvalue weighted by Gasteiger charge is 2.34. The largest absolute Gasteiger partial charge is 0.492 e. The number of halogens is 1. The van der Waals surface area contributed by atoms with E-state index in [2.05, 4.69) is 20.3 Å². The number of hydrogen-bond acceptors (Lipinski definition) is 6. The first-order valence-corrected chi connectivity index (χ1v) is 12.2. The van der Waals surface area contributed by atoms with E-state index >= 15 is 4.39 Å². The predicted octanol–water partition coefficient (Wildman–Crippen LogP) is 2.74. The van der Waals surface area contributed by atoms with Crippen LogP contribution in [0.1, 0.15) is 41.4 Å². The highest BCUT2D eigenvalue weighted by atomic mass is 19.1. The van der Waals surface area contributed by atoms with Gasteiger partial charge in [-0.3, -0.25) is 9.59 Å². The molecule has 0 radical (unpaired) electrons. The number of aromatic amines is 1. The molecule has 0 spiro atoms. The van der Waals surface area contributed by atoms with Crippen LogP contribution in [0.5, 0.6) is 5.75 Å². The lowest BCUT2D eigenvalue weighted by Crippen LogP contribution is -2.41. The fourth-order valence-electron chi connectivity index (χ4n) is 4.78. The number of fused-ring (bicyclic) bond motifs is 1. The molecule has 2 aliphatic rings. The molecule has 10 heteroatoms. The molecule has 2 fully saturated rings. The maximum Gasteiger partial charge on any atom is 0.255 e. The van der Waals surface area contributed by atoms with Gasteiger partial charge >= 0.3 is 0 Å². The molecular formula is C26H30FN5O4. The average Bonchev–Trinajstić information content (AvgIpc) is 3.53. The number of aliphatic hydroxyl groups is 1. The van der Waals surface area contributed by atoms with Crippen LogP contribution >= 0.6 is 0 Å². The summed E-state index contributed by atoms with van der Waals surface area (Å²) in [5.41, 5.74) is 2.82. The zero-order chi connectivity index (χ0) is 25.6. The van der Waals surface area contributed by atoms with Gasteiger partial charge in [0.05, 0.1) is 29.3 Å². The SMILES string of the molecule is Cc1ccc(OCC2CC2)c(-c2ncnc3c(C(=O)N[C@@H]4CN(C(=O)CO)C[C@H]4C)c(C)[nH]c23)c1F. The smallest absolute Gasteiger partial charge is 0.255 e. The molecule has 2 aromatic heterocycles. The van der Waals surface area contributed by atoms with Crippen LogP contribution in [0, 0.1) is 31.5 Å². The normalized spacial score (nSPS) is 19.6. The number of rotatable bonds is 7. The lowest BCUT2D eigenvalue weighted by atomic mass is 10.0. The zero-order valence-corrected chi connectivity index (χ0v) is 20.6. The molecule has 5 rings (SSSR count). The van der Waals surface area contributed by atoms with Gasteiger partial charge in [-0.15, -0.1) is 0 Å². The molecule has 1 saturated carbocycles. The number of benzene rings is 1. The third-order valence-corrected chi connectivity index (χ3v) is 7.12. The van der Waals surface area contributed by atoms with E-state index in [1.165, 1.54) is 6.33 Å². The van der Waals surface area contributed by atoms with E-state index < -0.39 is 12.4 Å². The van der Waals surface area contributed by atoms with E-state index in [0.717, 1.165) is 12.8 Å². The van der Waals surface area contributed by atoms with Crippen molar-refractivity contribution in [2.75, 3.05) is 26.3 Å². The molecule has 9 nitrogen and oxygen atoms in total. The molecular weight excluding hydrogens is 465 g/mol. The summed E-state index contributed by atoms with van der Waals surface area (Å²) in [5.74, 6) is -0.191. The van der Waals surface area contributed by atoms with Gasteiger partial charge in [-0.1, -0.05) is 13.0 Å². The number of aliphatic hydroxyl groups excluding tert-OH is 1. The molecule has 1 aliphatic heterocycles. The molecule has 1 aromatic carbocycles. The highest BCUT2D eigenvalue weighted by Crippen LogP contribution is 2.39. The Kier molecular flexibility index (Phi) is 6.38. The molecule has 2 atom stereocenters. The fourth-order valence-corrected chi connectivity index (χ4v) is 4.78. The van der Waals surface area contributed by atoms with Gasteiger partial charge in [-0.2, -0.15) is 0 Å². The van der Waals surface area contributed by atoms with Crippen molar-refractivity contribution < 1.29 is 23.8 Å². The number of amides is 2. The summed E-state index contributed by atoms with van der Waals surface area (Å²) in [5, 5.41) is 12.2. The second kappa shape index (κ2) is 9.50. The summed E-state index contributed by atoms with van der Waals surface area (Å²) in [6.45, 7) is 6.14. The number of ether oxygens (including phenoxy) is 1. The number of likely N-dealkylation sites (tertiary alicyclic amines) is 1. The maximum absolute atomic E-state index is 15.4. The Morgan fingerprint density at radius 2 is 2.03 bits per heavy atom. The summed E-state index contributed by atoms with van der Waals surface area (Å²) in [6, 6.07) is 3.18. The predicted molar refractivity (Wildman–Crippen MR) is 131 cm³/mol. The van der Waals surface area contributed by atoms with Crippen LogP contribution < -0.4 is 10.1 Å². The van der Waals surface area contributed by atoms with Gasteiger partial charge in [0.15, 0.2) is 0 Å². The molecule has 0 unspecified atom stereocenters. The van der Waals surface area contributed by atoms with Gasteiger partial charge in [0.25, 0.3) is 5.91 Å². The van der Waals surface area contributed by atoms with E-state index in [4.69, 9.17) is 9.84 Å². The molecule has 36 heavy (non-hydrogen) atoms. The summed E-state index contributed by atoms with van der Waals surface area (Å²) in [4.78, 5) is 38.7. The summed E-state index contributed by atoms with van der Waals surface area (Å²) >= 11 is 0. The van der Waals surface area contributed by atoms with Crippen LogP contribution in [0.2, 0.25) is 0 Å². The number of nitrogens with one attached hydrogen (secondary N) is 2. The highest BCUT2D eigenvalue weighted by molar-refractivity contribution is 6.09. The Morgan fingerprint density at radius 1 is 1.25 bits per heavy atom. The van der Waals surface area contributed by atoms with E-state index in [-0.39, 0.29) is 29.3 Å². The number of carbonyl (C=O) groups is 2. The fraction of sp³-hybridized carbons (Fsp3) is 0.462. The van der Waals surface area contributed by atoms with Crippen molar-refractivity contribution in [2.45, 2.75) is 39.7 Å². The van der Waals surface area contributed by atoms with E-state index in [1.807, 2.05) is 6.92 Å².